The van der Waals surface area contributed by atoms with E-state index in [-0.39, 0.29) is 17.7 Å². The van der Waals surface area contributed by atoms with E-state index in [0.29, 0.717) is 0 Å². The lowest BCUT2D eigenvalue weighted by Gasteiger charge is -2.31. The molecule has 0 radical (unpaired) electrons. The van der Waals surface area contributed by atoms with Crippen LogP contribution in [0.5, 0.6) is 0 Å². The number of carbonyl (C=O) groups is 1. The predicted octanol–water partition coefficient (Wildman–Crippen LogP) is 1.56. The van der Waals surface area contributed by atoms with Gasteiger partial charge < -0.3 is 5.11 Å². The van der Waals surface area contributed by atoms with Crippen molar-refractivity contribution in [2.45, 2.75) is 30.8 Å². The first-order chi connectivity index (χ1) is 8.38. The van der Waals surface area contributed by atoms with E-state index >= 15 is 0 Å². The van der Waals surface area contributed by atoms with Gasteiger partial charge in [0.15, 0.2) is 0 Å². The molecule has 1 aliphatic rings. The van der Waals surface area contributed by atoms with Crippen LogP contribution in [0.2, 0.25) is 0 Å². The van der Waals surface area contributed by atoms with Gasteiger partial charge >= 0.3 is 5.97 Å². The van der Waals surface area contributed by atoms with Gasteiger partial charge in [-0.3, -0.25) is 8.98 Å². The van der Waals surface area contributed by atoms with E-state index < -0.39 is 28.1 Å². The van der Waals surface area contributed by atoms with Gasteiger partial charge in [-0.2, -0.15) is 8.42 Å². The number of hydrogen-bond acceptors (Lipinski definition) is 4. The molecule has 2 rings (SSSR count). The maximum atomic E-state index is 11.9. The Morgan fingerprint density at radius 1 is 1.28 bits per heavy atom. The van der Waals surface area contributed by atoms with Crippen molar-refractivity contribution in [2.24, 2.45) is 5.92 Å². The third kappa shape index (κ3) is 2.70. The van der Waals surface area contributed by atoms with Crippen LogP contribution in [0.1, 0.15) is 18.4 Å². The molecule has 0 aromatic heterocycles. The van der Waals surface area contributed by atoms with Crippen LogP contribution in [0.25, 0.3) is 0 Å². The highest BCUT2D eigenvalue weighted by Crippen LogP contribution is 2.32. The molecule has 1 N–H and O–H groups in total. The van der Waals surface area contributed by atoms with Gasteiger partial charge in [0.2, 0.25) is 0 Å². The molecule has 5 nitrogen and oxygen atoms in total. The van der Waals surface area contributed by atoms with Gasteiger partial charge in [0.1, 0.15) is 0 Å². The van der Waals surface area contributed by atoms with Crippen molar-refractivity contribution in [3.63, 3.8) is 0 Å². The smallest absolute Gasteiger partial charge is 0.306 e. The Labute approximate surface area is 106 Å². The Hall–Kier alpha value is -1.40. The summed E-state index contributed by atoms with van der Waals surface area (Å²) in [6, 6.07) is 6.35. The fourth-order valence-electron chi connectivity index (χ4n) is 1.79. The van der Waals surface area contributed by atoms with Gasteiger partial charge in [-0.25, -0.2) is 0 Å². The standard InChI is InChI=1S/C12H14O5S/c1-8-2-4-11(5-3-8)18(15,16)17-10-6-9(7-10)12(13)14/h2-5,9-10H,6-7H2,1H3,(H,13,14)/t9-,10+. The molecule has 1 aromatic carbocycles. The van der Waals surface area contributed by atoms with Crippen molar-refractivity contribution in [3.05, 3.63) is 29.8 Å². The van der Waals surface area contributed by atoms with E-state index in [1.807, 2.05) is 6.92 Å². The predicted molar refractivity (Wildman–Crippen MR) is 63.6 cm³/mol. The van der Waals surface area contributed by atoms with Gasteiger partial charge in [0.25, 0.3) is 10.1 Å². The number of carboxylic acid groups (broad SMARTS) is 1. The normalized spacial score (nSPS) is 23.4. The first kappa shape index (κ1) is 13.0. The average Bonchev–Trinajstić information content (AvgIpc) is 2.23. The van der Waals surface area contributed by atoms with Crippen LogP contribution in [0.3, 0.4) is 0 Å². The third-order valence-corrected chi connectivity index (χ3v) is 4.39. The van der Waals surface area contributed by atoms with Crippen LogP contribution in [0.4, 0.5) is 0 Å². The molecule has 98 valence electrons. The van der Waals surface area contributed by atoms with Crippen molar-refractivity contribution in [1.29, 1.82) is 0 Å². The van der Waals surface area contributed by atoms with Crippen LogP contribution in [0, 0.1) is 12.8 Å². The Kier molecular flexibility index (Phi) is 3.41. The lowest BCUT2D eigenvalue weighted by atomic mass is 9.83. The van der Waals surface area contributed by atoms with Crippen molar-refractivity contribution < 1.29 is 22.5 Å². The molecule has 0 bridgehead atoms. The highest BCUT2D eigenvalue weighted by atomic mass is 32.2. The second-order valence-corrected chi connectivity index (χ2v) is 6.06. The summed E-state index contributed by atoms with van der Waals surface area (Å²) in [7, 11) is -3.78. The highest BCUT2D eigenvalue weighted by molar-refractivity contribution is 7.86. The first-order valence-electron chi connectivity index (χ1n) is 5.61. The molecule has 6 heteroatoms. The van der Waals surface area contributed by atoms with Crippen molar-refractivity contribution in [3.8, 4) is 0 Å². The quantitative estimate of drug-likeness (QED) is 0.840. The number of rotatable bonds is 4. The Morgan fingerprint density at radius 3 is 2.33 bits per heavy atom. The third-order valence-electron chi connectivity index (χ3n) is 3.02. The minimum absolute atomic E-state index is 0.104. The molecule has 18 heavy (non-hydrogen) atoms. The Balaban J connectivity index is 2.01. The number of hydrogen-bond donors (Lipinski definition) is 1. The SMILES string of the molecule is Cc1ccc(S(=O)(=O)O[C@H]2C[C@@H](C(=O)O)C2)cc1. The molecule has 0 spiro atoms. The molecule has 1 fully saturated rings. The molecular formula is C12H14O5S. The fourth-order valence-corrected chi connectivity index (χ4v) is 2.88. The maximum Gasteiger partial charge on any atom is 0.306 e. The summed E-state index contributed by atoms with van der Waals surface area (Å²) >= 11 is 0. The summed E-state index contributed by atoms with van der Waals surface area (Å²) < 4.78 is 28.7. The molecule has 1 aliphatic carbocycles. The molecule has 0 unspecified atom stereocenters. The second kappa shape index (κ2) is 4.70. The number of aliphatic carboxylic acids is 1. The summed E-state index contributed by atoms with van der Waals surface area (Å²) in [6.07, 6.45) is -0.0155. The molecule has 1 saturated carbocycles. The Morgan fingerprint density at radius 2 is 1.83 bits per heavy atom. The Bertz CT molecular complexity index is 540. The van der Waals surface area contributed by atoms with Gasteiger partial charge in [0.05, 0.1) is 16.9 Å². The van der Waals surface area contributed by atoms with Gasteiger partial charge in [-0.1, -0.05) is 17.7 Å². The van der Waals surface area contributed by atoms with E-state index in [9.17, 15) is 13.2 Å². The lowest BCUT2D eigenvalue weighted by Crippen LogP contribution is -2.37. The van der Waals surface area contributed by atoms with E-state index in [2.05, 4.69) is 0 Å². The topological polar surface area (TPSA) is 80.7 Å². The number of aryl methyl sites for hydroxylation is 1. The minimum Gasteiger partial charge on any atom is -0.481 e. The number of carboxylic acids is 1. The molecule has 0 heterocycles. The van der Waals surface area contributed by atoms with Gasteiger partial charge in [-0.05, 0) is 31.9 Å². The zero-order valence-corrected chi connectivity index (χ0v) is 10.7. The summed E-state index contributed by atoms with van der Waals surface area (Å²) in [6.45, 7) is 1.86. The lowest BCUT2D eigenvalue weighted by molar-refractivity contribution is -0.147. The summed E-state index contributed by atoms with van der Waals surface area (Å²) in [5.74, 6) is -1.38. The van der Waals surface area contributed by atoms with Crippen molar-refractivity contribution in [1.82, 2.24) is 0 Å². The molecule has 0 aliphatic heterocycles. The van der Waals surface area contributed by atoms with Crippen LogP contribution < -0.4 is 0 Å². The van der Waals surface area contributed by atoms with Crippen LogP contribution in [-0.4, -0.2) is 25.6 Å². The maximum absolute atomic E-state index is 11.9. The van der Waals surface area contributed by atoms with E-state index in [1.165, 1.54) is 12.1 Å². The van der Waals surface area contributed by atoms with Crippen LogP contribution in [0.15, 0.2) is 29.2 Å². The van der Waals surface area contributed by atoms with Crippen molar-refractivity contribution in [2.75, 3.05) is 0 Å². The van der Waals surface area contributed by atoms with Gasteiger partial charge in [0, 0.05) is 0 Å². The van der Waals surface area contributed by atoms with E-state index in [0.717, 1.165) is 5.56 Å². The zero-order chi connectivity index (χ0) is 13.3. The second-order valence-electron chi connectivity index (χ2n) is 4.49. The highest BCUT2D eigenvalue weighted by Gasteiger charge is 2.38. The van der Waals surface area contributed by atoms with Crippen LogP contribution in [-0.2, 0) is 19.1 Å². The summed E-state index contributed by atoms with van der Waals surface area (Å²) in [5, 5.41) is 8.69. The first-order valence-corrected chi connectivity index (χ1v) is 7.02. The minimum atomic E-state index is -3.78. The summed E-state index contributed by atoms with van der Waals surface area (Å²) in [5.41, 5.74) is 0.962. The largest absolute Gasteiger partial charge is 0.481 e. The zero-order valence-electron chi connectivity index (χ0n) is 9.87. The van der Waals surface area contributed by atoms with E-state index in [4.69, 9.17) is 9.29 Å². The van der Waals surface area contributed by atoms with Gasteiger partial charge in [-0.15, -0.1) is 0 Å². The number of benzene rings is 1. The molecule has 1 aromatic rings. The average molecular weight is 270 g/mol. The molecule has 0 amide bonds. The van der Waals surface area contributed by atoms with E-state index in [1.54, 1.807) is 12.1 Å². The fraction of sp³-hybridized carbons (Fsp3) is 0.417. The molecule has 0 atom stereocenters. The summed E-state index contributed by atoms with van der Waals surface area (Å²) in [4.78, 5) is 10.7. The molecule has 0 saturated heterocycles. The van der Waals surface area contributed by atoms with Crippen LogP contribution >= 0.6 is 0 Å². The molecular weight excluding hydrogens is 256 g/mol. The monoisotopic (exact) mass is 270 g/mol. The van der Waals surface area contributed by atoms with Crippen molar-refractivity contribution >= 4 is 16.1 Å².